The summed E-state index contributed by atoms with van der Waals surface area (Å²) in [5.74, 6) is -1.35. The molecule has 4 amide bonds. The summed E-state index contributed by atoms with van der Waals surface area (Å²) >= 11 is 6.26. The molecule has 2 heterocycles. The first-order chi connectivity index (χ1) is 16.1. The number of hydrogen-bond acceptors (Lipinski definition) is 6. The lowest BCUT2D eigenvalue weighted by Crippen LogP contribution is -2.72. The molecule has 0 unspecified atom stereocenters. The number of nitro benzene ring substituents is 1. The van der Waals surface area contributed by atoms with E-state index >= 15 is 0 Å². The van der Waals surface area contributed by atoms with E-state index in [9.17, 15) is 24.5 Å². The molecule has 178 valence electrons. The molecule has 1 saturated heterocycles. The number of nitrogens with one attached hydrogen (secondary N) is 1. The third kappa shape index (κ3) is 3.51. The fraction of sp³-hybridized carbons (Fsp3) is 0.375. The number of carbonyl (C=O) groups is 3. The Bertz CT molecular complexity index is 1220. The van der Waals surface area contributed by atoms with Gasteiger partial charge in [-0.3, -0.25) is 25.0 Å². The van der Waals surface area contributed by atoms with Gasteiger partial charge in [0.2, 0.25) is 5.91 Å². The van der Waals surface area contributed by atoms with E-state index in [-0.39, 0.29) is 17.8 Å². The number of nitro groups is 1. The number of amides is 4. The summed E-state index contributed by atoms with van der Waals surface area (Å²) in [5, 5.41) is 14.2. The molecule has 0 aromatic heterocycles. The maximum Gasteiger partial charge on any atom is 0.335 e. The monoisotopic (exact) mass is 484 g/mol. The van der Waals surface area contributed by atoms with Crippen LogP contribution >= 0.6 is 11.6 Å². The standard InChI is InChI=1S/C24H25ClN4O5/c1-4-10-27-19-9-8-17(29(33)34)11-15(19)13-24(20(27)5-2)21(30)26-23(32)28(22(24)31)16-7-6-14(3)18(25)12-16/h6-9,11-12,20H,4-5,10,13H2,1-3H3,(H,26,30,32)/t20-,24-/m0/s1. The molecule has 0 radical (unpaired) electrons. The quantitative estimate of drug-likeness (QED) is 0.383. The smallest absolute Gasteiger partial charge is 0.335 e. The van der Waals surface area contributed by atoms with E-state index in [2.05, 4.69) is 5.32 Å². The lowest BCUT2D eigenvalue weighted by atomic mass is 9.67. The Hall–Kier alpha value is -3.46. The first-order valence-electron chi connectivity index (χ1n) is 11.2. The predicted octanol–water partition coefficient (Wildman–Crippen LogP) is 4.38. The third-order valence-corrected chi connectivity index (χ3v) is 7.08. The number of halogens is 1. The molecule has 2 aromatic rings. The van der Waals surface area contributed by atoms with E-state index in [4.69, 9.17) is 11.6 Å². The maximum absolute atomic E-state index is 14.1. The predicted molar refractivity (Wildman–Crippen MR) is 128 cm³/mol. The summed E-state index contributed by atoms with van der Waals surface area (Å²) in [6, 6.07) is 7.94. The second-order valence-corrected chi connectivity index (χ2v) is 9.08. The number of fused-ring (bicyclic) bond motifs is 1. The molecule has 2 aromatic carbocycles. The van der Waals surface area contributed by atoms with Gasteiger partial charge in [-0.1, -0.05) is 31.5 Å². The lowest BCUT2D eigenvalue weighted by molar-refractivity contribution is -0.384. The van der Waals surface area contributed by atoms with Crippen molar-refractivity contribution in [2.75, 3.05) is 16.3 Å². The second kappa shape index (κ2) is 8.72. The highest BCUT2D eigenvalue weighted by Gasteiger charge is 2.61. The molecule has 0 aliphatic carbocycles. The van der Waals surface area contributed by atoms with Crippen LogP contribution in [0.1, 0.15) is 37.8 Å². The number of benzene rings is 2. The van der Waals surface area contributed by atoms with E-state index in [0.717, 1.165) is 22.6 Å². The summed E-state index contributed by atoms with van der Waals surface area (Å²) in [4.78, 5) is 54.3. The van der Waals surface area contributed by atoms with Crippen LogP contribution < -0.4 is 15.1 Å². The summed E-state index contributed by atoms with van der Waals surface area (Å²) in [6.07, 6.45) is 1.12. The van der Waals surface area contributed by atoms with Gasteiger partial charge < -0.3 is 4.90 Å². The maximum atomic E-state index is 14.1. The number of hydrogen-bond donors (Lipinski definition) is 1. The fourth-order valence-electron chi connectivity index (χ4n) is 5.10. The van der Waals surface area contributed by atoms with E-state index < -0.39 is 34.2 Å². The highest BCUT2D eigenvalue weighted by atomic mass is 35.5. The number of imide groups is 2. The molecule has 34 heavy (non-hydrogen) atoms. The SMILES string of the molecule is CCCN1c2ccc([N+](=O)[O-])cc2C[C@@]2(C(=O)NC(=O)N(c3ccc(C)c(Cl)c3)C2=O)[C@@H]1CC. The Balaban J connectivity index is 1.91. The van der Waals surface area contributed by atoms with Crippen LogP contribution in [0.2, 0.25) is 5.02 Å². The van der Waals surface area contributed by atoms with Crippen LogP contribution in [0.5, 0.6) is 0 Å². The molecule has 2 aliphatic heterocycles. The van der Waals surface area contributed by atoms with Crippen molar-refractivity contribution in [3.05, 3.63) is 62.7 Å². The zero-order valence-corrected chi connectivity index (χ0v) is 19.9. The molecule has 4 rings (SSSR count). The minimum atomic E-state index is -1.64. The van der Waals surface area contributed by atoms with Gasteiger partial charge in [-0.15, -0.1) is 0 Å². The highest BCUT2D eigenvalue weighted by molar-refractivity contribution is 6.33. The number of barbiturate groups is 1. The van der Waals surface area contributed by atoms with E-state index in [0.29, 0.717) is 23.6 Å². The normalized spacial score (nSPS) is 22.1. The number of anilines is 2. The van der Waals surface area contributed by atoms with Crippen molar-refractivity contribution in [1.29, 1.82) is 0 Å². The first kappa shape index (κ1) is 23.7. The largest absolute Gasteiger partial charge is 0.367 e. The molecule has 1 N–H and O–H groups in total. The van der Waals surface area contributed by atoms with Crippen molar-refractivity contribution in [1.82, 2.24) is 5.32 Å². The number of carbonyl (C=O) groups excluding carboxylic acids is 3. The van der Waals surface area contributed by atoms with Gasteiger partial charge in [0, 0.05) is 35.8 Å². The van der Waals surface area contributed by atoms with Gasteiger partial charge in [0.1, 0.15) is 0 Å². The summed E-state index contributed by atoms with van der Waals surface area (Å²) in [5.41, 5.74) is 0.547. The molecule has 9 nitrogen and oxygen atoms in total. The number of aryl methyl sites for hydroxylation is 1. The molecular formula is C24H25ClN4O5. The van der Waals surface area contributed by atoms with Crippen LogP contribution in [0.3, 0.4) is 0 Å². The van der Waals surface area contributed by atoms with Crippen molar-refractivity contribution in [3.8, 4) is 0 Å². The van der Waals surface area contributed by atoms with Gasteiger partial charge in [-0.05, 0) is 49.1 Å². The van der Waals surface area contributed by atoms with Gasteiger partial charge in [0.05, 0.1) is 16.7 Å². The zero-order valence-electron chi connectivity index (χ0n) is 19.1. The third-order valence-electron chi connectivity index (χ3n) is 6.68. The highest BCUT2D eigenvalue weighted by Crippen LogP contribution is 2.47. The van der Waals surface area contributed by atoms with E-state index in [1.54, 1.807) is 25.1 Å². The van der Waals surface area contributed by atoms with Crippen molar-refractivity contribution < 1.29 is 19.3 Å². The second-order valence-electron chi connectivity index (χ2n) is 8.67. The minimum Gasteiger partial charge on any atom is -0.367 e. The summed E-state index contributed by atoms with van der Waals surface area (Å²) < 4.78 is 0. The van der Waals surface area contributed by atoms with Gasteiger partial charge in [-0.2, -0.15) is 0 Å². The number of urea groups is 1. The number of nitrogens with zero attached hydrogens (tertiary/aromatic N) is 3. The van der Waals surface area contributed by atoms with Gasteiger partial charge in [0.25, 0.3) is 11.6 Å². The van der Waals surface area contributed by atoms with Crippen LogP contribution in [-0.4, -0.2) is 35.4 Å². The van der Waals surface area contributed by atoms with Gasteiger partial charge in [0.15, 0.2) is 5.41 Å². The van der Waals surface area contributed by atoms with Crippen LogP contribution in [-0.2, 0) is 16.0 Å². The molecular weight excluding hydrogens is 460 g/mol. The van der Waals surface area contributed by atoms with Crippen LogP contribution in [0, 0.1) is 22.5 Å². The average Bonchev–Trinajstić information content (AvgIpc) is 2.79. The molecule has 0 bridgehead atoms. The zero-order chi connectivity index (χ0) is 24.8. The van der Waals surface area contributed by atoms with Crippen LogP contribution in [0.15, 0.2) is 36.4 Å². The minimum absolute atomic E-state index is 0.0588. The average molecular weight is 485 g/mol. The van der Waals surface area contributed by atoms with E-state index in [1.807, 2.05) is 18.7 Å². The Morgan fingerprint density at radius 1 is 1.18 bits per heavy atom. The molecule has 0 saturated carbocycles. The Morgan fingerprint density at radius 2 is 1.91 bits per heavy atom. The molecule has 1 spiro atoms. The van der Waals surface area contributed by atoms with Crippen molar-refractivity contribution in [3.63, 3.8) is 0 Å². The number of non-ortho nitro benzene ring substituents is 1. The van der Waals surface area contributed by atoms with Crippen molar-refractivity contribution >= 4 is 46.5 Å². The molecule has 2 aliphatic rings. The molecule has 10 heteroatoms. The van der Waals surface area contributed by atoms with Crippen molar-refractivity contribution in [2.24, 2.45) is 5.41 Å². The fourth-order valence-corrected chi connectivity index (χ4v) is 5.28. The Kier molecular flexibility index (Phi) is 6.07. The van der Waals surface area contributed by atoms with Crippen LogP contribution in [0.25, 0.3) is 0 Å². The summed E-state index contributed by atoms with van der Waals surface area (Å²) in [7, 11) is 0. The Labute approximate surface area is 201 Å². The van der Waals surface area contributed by atoms with E-state index in [1.165, 1.54) is 18.2 Å². The molecule has 1 fully saturated rings. The Morgan fingerprint density at radius 3 is 2.53 bits per heavy atom. The first-order valence-corrected chi connectivity index (χ1v) is 11.5. The number of rotatable bonds is 5. The van der Waals surface area contributed by atoms with Gasteiger partial charge in [-0.25, -0.2) is 9.69 Å². The lowest BCUT2D eigenvalue weighted by Gasteiger charge is -2.51. The summed E-state index contributed by atoms with van der Waals surface area (Å²) in [6.45, 7) is 6.20. The van der Waals surface area contributed by atoms with Gasteiger partial charge >= 0.3 is 6.03 Å². The van der Waals surface area contributed by atoms with Crippen molar-refractivity contribution in [2.45, 2.75) is 46.1 Å². The van der Waals surface area contributed by atoms with Crippen LogP contribution in [0.4, 0.5) is 21.9 Å². The topological polar surface area (TPSA) is 113 Å². The molecule has 2 atom stereocenters.